The molecular weight excluding hydrogens is 240 g/mol. The van der Waals surface area contributed by atoms with Crippen LogP contribution in [0.2, 0.25) is 0 Å². The Morgan fingerprint density at radius 3 is 2.62 bits per heavy atom. The second kappa shape index (κ2) is 4.90. The van der Waals surface area contributed by atoms with Crippen LogP contribution >= 0.6 is 0 Å². The van der Waals surface area contributed by atoms with E-state index < -0.39 is 23.0 Å². The second-order valence-corrected chi connectivity index (χ2v) is 3.45. The standard InChI is InChI=1S/C6H10N4O5S/c1-9-5(14-2)7-10(6(9)12)4(11)8-16(13)15-3/h1-3H3,(H,8,11)/p-1. The molecule has 1 unspecified atom stereocenters. The molecule has 0 aliphatic rings. The average Bonchev–Trinajstić information content (AvgIpc) is 2.55. The summed E-state index contributed by atoms with van der Waals surface area (Å²) in [5.74, 6) is 0. The van der Waals surface area contributed by atoms with Crippen LogP contribution in [0.25, 0.3) is 0 Å². The lowest BCUT2D eigenvalue weighted by molar-refractivity contribution is -0.222. The fraction of sp³-hybridized carbons (Fsp3) is 0.500. The smallest absolute Gasteiger partial charge is 0.353 e. The summed E-state index contributed by atoms with van der Waals surface area (Å²) < 4.78 is 24.2. The van der Waals surface area contributed by atoms with E-state index in [1.807, 2.05) is 0 Å². The number of ether oxygens (including phenoxy) is 1. The van der Waals surface area contributed by atoms with Gasteiger partial charge in [0.05, 0.1) is 14.2 Å². The van der Waals surface area contributed by atoms with Gasteiger partial charge < -0.3 is 9.84 Å². The van der Waals surface area contributed by atoms with Crippen LogP contribution in [0.3, 0.4) is 0 Å². The third-order valence-corrected chi connectivity index (χ3v) is 2.19. The van der Waals surface area contributed by atoms with Gasteiger partial charge in [-0.15, -0.1) is 5.10 Å². The monoisotopic (exact) mass is 249 g/mol. The molecule has 1 atom stereocenters. The Morgan fingerprint density at radius 1 is 1.56 bits per heavy atom. The Morgan fingerprint density at radius 2 is 2.19 bits per heavy atom. The second-order valence-electron chi connectivity index (χ2n) is 2.50. The van der Waals surface area contributed by atoms with Gasteiger partial charge in [-0.25, -0.2) is 13.6 Å². The summed E-state index contributed by atoms with van der Waals surface area (Å²) in [6.07, 6.45) is 0. The first-order valence-electron chi connectivity index (χ1n) is 3.93. The number of methoxy groups -OCH3 is 1. The van der Waals surface area contributed by atoms with Gasteiger partial charge in [-0.05, 0) is 0 Å². The summed E-state index contributed by atoms with van der Waals surface area (Å²) in [4.78, 5) is 11.4. The molecule has 0 aliphatic carbocycles. The molecule has 0 amide bonds. The molecule has 0 fully saturated rings. The van der Waals surface area contributed by atoms with Gasteiger partial charge in [0.15, 0.2) is 0 Å². The highest BCUT2D eigenvalue weighted by molar-refractivity contribution is 7.78. The number of nitrogens with zero attached hydrogens (tertiary/aromatic N) is 4. The Bertz CT molecular complexity index is 490. The zero-order valence-corrected chi connectivity index (χ0v) is 9.55. The predicted octanol–water partition coefficient (Wildman–Crippen LogP) is -2.62. The van der Waals surface area contributed by atoms with Crippen LogP contribution in [0.5, 0.6) is 6.01 Å². The highest BCUT2D eigenvalue weighted by atomic mass is 32.2. The minimum atomic E-state index is -2.14. The van der Waals surface area contributed by atoms with E-state index in [0.717, 1.165) is 11.7 Å². The quantitative estimate of drug-likeness (QED) is 0.428. The van der Waals surface area contributed by atoms with Crippen molar-refractivity contribution < 1.29 is 18.2 Å². The average molecular weight is 249 g/mol. The number of rotatable bonds is 3. The molecule has 10 heteroatoms. The van der Waals surface area contributed by atoms with Crippen molar-refractivity contribution in [2.45, 2.75) is 0 Å². The first-order valence-corrected chi connectivity index (χ1v) is 4.97. The maximum Gasteiger partial charge on any atom is 0.353 e. The van der Waals surface area contributed by atoms with Gasteiger partial charge in [0.2, 0.25) is 0 Å². The molecule has 0 saturated heterocycles. The highest BCUT2D eigenvalue weighted by Gasteiger charge is 2.10. The van der Waals surface area contributed by atoms with Crippen LogP contribution in [0.15, 0.2) is 9.19 Å². The number of aromatic nitrogens is 3. The van der Waals surface area contributed by atoms with E-state index in [2.05, 4.69) is 13.7 Å². The molecule has 1 aromatic rings. The van der Waals surface area contributed by atoms with Gasteiger partial charge in [0.1, 0.15) is 6.02 Å². The lowest BCUT2D eigenvalue weighted by Crippen LogP contribution is -2.37. The maximum atomic E-state index is 11.4. The molecule has 0 aromatic carbocycles. The summed E-state index contributed by atoms with van der Waals surface area (Å²) in [5, 5.41) is 14.8. The zero-order chi connectivity index (χ0) is 12.3. The molecular formula is C6H9N4O5S-. The Kier molecular flexibility index (Phi) is 3.79. The van der Waals surface area contributed by atoms with Gasteiger partial charge in [-0.2, -0.15) is 9.08 Å². The molecule has 16 heavy (non-hydrogen) atoms. The van der Waals surface area contributed by atoms with Crippen LogP contribution < -0.4 is 15.5 Å². The molecule has 0 radical (unpaired) electrons. The van der Waals surface area contributed by atoms with E-state index in [4.69, 9.17) is 4.74 Å². The largest absolute Gasteiger partial charge is 0.844 e. The van der Waals surface area contributed by atoms with Crippen molar-refractivity contribution in [2.75, 3.05) is 14.2 Å². The lowest BCUT2D eigenvalue weighted by Gasteiger charge is -2.06. The van der Waals surface area contributed by atoms with Gasteiger partial charge in [0, 0.05) is 7.05 Å². The minimum Gasteiger partial charge on any atom is -0.844 e. The first kappa shape index (κ1) is 12.4. The predicted molar refractivity (Wildman–Crippen MR) is 52.0 cm³/mol. The van der Waals surface area contributed by atoms with Crippen LogP contribution in [0.1, 0.15) is 0 Å². The van der Waals surface area contributed by atoms with E-state index in [-0.39, 0.29) is 6.01 Å². The van der Waals surface area contributed by atoms with Crippen molar-refractivity contribution in [3.63, 3.8) is 0 Å². The van der Waals surface area contributed by atoms with Crippen molar-refractivity contribution in [1.82, 2.24) is 14.3 Å². The van der Waals surface area contributed by atoms with Gasteiger partial charge in [0.25, 0.3) is 11.3 Å². The number of hydrogen-bond acceptors (Lipinski definition) is 6. The van der Waals surface area contributed by atoms with E-state index in [0.29, 0.717) is 4.68 Å². The summed E-state index contributed by atoms with van der Waals surface area (Å²) in [6, 6.07) is -1.15. The van der Waals surface area contributed by atoms with E-state index >= 15 is 0 Å². The summed E-state index contributed by atoms with van der Waals surface area (Å²) in [6.45, 7) is 0. The Balaban J connectivity index is 3.19. The molecule has 9 nitrogen and oxygen atoms in total. The SMILES string of the molecule is COc1nn(C([O-])=NS(=O)OC)c(=O)n1C. The summed E-state index contributed by atoms with van der Waals surface area (Å²) >= 11 is -2.14. The highest BCUT2D eigenvalue weighted by Crippen LogP contribution is 1.98. The number of hydrogen-bond donors (Lipinski definition) is 0. The summed E-state index contributed by atoms with van der Waals surface area (Å²) in [5.41, 5.74) is -0.751. The van der Waals surface area contributed by atoms with Crippen LogP contribution in [0, 0.1) is 0 Å². The molecule has 1 heterocycles. The fourth-order valence-corrected chi connectivity index (χ4v) is 1.14. The van der Waals surface area contributed by atoms with Crippen LogP contribution in [0.4, 0.5) is 0 Å². The van der Waals surface area contributed by atoms with Crippen molar-refractivity contribution in [3.05, 3.63) is 10.5 Å². The third-order valence-electron chi connectivity index (χ3n) is 1.60. The van der Waals surface area contributed by atoms with Crippen molar-refractivity contribution in [1.29, 1.82) is 0 Å². The molecule has 0 bridgehead atoms. The van der Waals surface area contributed by atoms with Crippen molar-refractivity contribution in [3.8, 4) is 6.01 Å². The van der Waals surface area contributed by atoms with Crippen molar-refractivity contribution in [2.24, 2.45) is 11.4 Å². The van der Waals surface area contributed by atoms with Crippen LogP contribution in [-0.4, -0.2) is 38.8 Å². The molecule has 0 N–H and O–H groups in total. The molecule has 1 aromatic heterocycles. The molecule has 0 spiro atoms. The van der Waals surface area contributed by atoms with E-state index in [1.54, 1.807) is 0 Å². The topological polar surface area (TPSA) is 111 Å². The molecule has 0 saturated carbocycles. The molecule has 1 rings (SSSR count). The van der Waals surface area contributed by atoms with E-state index in [9.17, 15) is 14.1 Å². The summed E-state index contributed by atoms with van der Waals surface area (Å²) in [7, 11) is 3.76. The van der Waals surface area contributed by atoms with Crippen molar-refractivity contribution >= 4 is 17.3 Å². The first-order chi connectivity index (χ1) is 7.51. The Labute approximate surface area is 92.7 Å². The maximum absolute atomic E-state index is 11.4. The minimum absolute atomic E-state index is 0.0586. The normalized spacial score (nSPS) is 13.8. The third kappa shape index (κ3) is 2.28. The van der Waals surface area contributed by atoms with Gasteiger partial charge in [-0.3, -0.25) is 4.18 Å². The molecule has 90 valence electrons. The molecule has 0 aliphatic heterocycles. The van der Waals surface area contributed by atoms with Gasteiger partial charge >= 0.3 is 11.7 Å². The fourth-order valence-electron chi connectivity index (χ4n) is 0.861. The lowest BCUT2D eigenvalue weighted by atomic mass is 11.0. The Hall–Kier alpha value is -1.68. The van der Waals surface area contributed by atoms with E-state index in [1.165, 1.54) is 14.2 Å². The van der Waals surface area contributed by atoms with Crippen LogP contribution in [-0.2, 0) is 22.5 Å². The van der Waals surface area contributed by atoms with Gasteiger partial charge in [-0.1, -0.05) is 0 Å². The zero-order valence-electron chi connectivity index (χ0n) is 8.74.